The standard InChI is InChI=1S/C27H37N3O4S/c1-2-34-21-23-12-6-5-11-22(23)20-28-27(31)25-19-24(35(32,33)30-17-9-4-10-18-30)13-14-26(25)29-15-7-3-8-16-29/h5-6,11-14,19H,2-4,7-10,15-18,20-21H2,1H3,(H,28,31). The Kier molecular flexibility index (Phi) is 8.81. The number of rotatable bonds is 9. The molecule has 0 aromatic heterocycles. The Balaban J connectivity index is 1.60. The molecule has 2 aliphatic heterocycles. The summed E-state index contributed by atoms with van der Waals surface area (Å²) in [7, 11) is -3.63. The molecule has 2 aromatic carbocycles. The third kappa shape index (κ3) is 6.23. The molecule has 7 nitrogen and oxygen atoms in total. The second-order valence-corrected chi connectivity index (χ2v) is 11.2. The number of nitrogens with zero attached hydrogens (tertiary/aromatic N) is 2. The molecule has 8 heteroatoms. The topological polar surface area (TPSA) is 78.9 Å². The first-order valence-corrected chi connectivity index (χ1v) is 14.3. The maximum absolute atomic E-state index is 13.5. The molecular formula is C27H37N3O4S. The molecule has 0 aliphatic carbocycles. The number of sulfonamides is 1. The number of anilines is 1. The van der Waals surface area contributed by atoms with Crippen molar-refractivity contribution in [1.29, 1.82) is 0 Å². The summed E-state index contributed by atoms with van der Waals surface area (Å²) >= 11 is 0. The van der Waals surface area contributed by atoms with Crippen LogP contribution in [0.25, 0.3) is 0 Å². The van der Waals surface area contributed by atoms with Gasteiger partial charge in [-0.2, -0.15) is 4.31 Å². The van der Waals surface area contributed by atoms with Crippen LogP contribution in [0.15, 0.2) is 47.4 Å². The van der Waals surface area contributed by atoms with Gasteiger partial charge < -0.3 is 15.0 Å². The second kappa shape index (κ2) is 12.0. The Morgan fingerprint density at radius 1 is 0.914 bits per heavy atom. The quantitative estimate of drug-likeness (QED) is 0.556. The minimum atomic E-state index is -3.63. The summed E-state index contributed by atoms with van der Waals surface area (Å²) < 4.78 is 33.8. The number of hydrogen-bond acceptors (Lipinski definition) is 5. The normalized spacial score (nSPS) is 17.3. The third-order valence-corrected chi connectivity index (χ3v) is 8.78. The number of amides is 1. The van der Waals surface area contributed by atoms with E-state index < -0.39 is 10.0 Å². The van der Waals surface area contributed by atoms with E-state index >= 15 is 0 Å². The molecule has 2 saturated heterocycles. The van der Waals surface area contributed by atoms with Gasteiger partial charge in [-0.25, -0.2) is 8.42 Å². The molecule has 2 fully saturated rings. The summed E-state index contributed by atoms with van der Waals surface area (Å²) in [4.78, 5) is 15.9. The van der Waals surface area contributed by atoms with Gasteiger partial charge in [0, 0.05) is 45.0 Å². The van der Waals surface area contributed by atoms with Crippen LogP contribution in [0.4, 0.5) is 5.69 Å². The molecule has 0 unspecified atom stereocenters. The number of carbonyl (C=O) groups is 1. The fourth-order valence-electron chi connectivity index (χ4n) is 4.88. The third-order valence-electron chi connectivity index (χ3n) is 6.88. The van der Waals surface area contributed by atoms with E-state index in [1.807, 2.05) is 37.3 Å². The van der Waals surface area contributed by atoms with Crippen LogP contribution in [0.5, 0.6) is 0 Å². The van der Waals surface area contributed by atoms with Gasteiger partial charge in [0.1, 0.15) is 0 Å². The van der Waals surface area contributed by atoms with Crippen LogP contribution in [-0.2, 0) is 27.9 Å². The molecule has 0 saturated carbocycles. The van der Waals surface area contributed by atoms with Gasteiger partial charge in [-0.15, -0.1) is 0 Å². The van der Waals surface area contributed by atoms with Gasteiger partial charge in [-0.05, 0) is 68.4 Å². The van der Waals surface area contributed by atoms with Gasteiger partial charge in [0.25, 0.3) is 5.91 Å². The SMILES string of the molecule is CCOCc1ccccc1CNC(=O)c1cc(S(=O)(=O)N2CCCCC2)ccc1N1CCCCC1. The maximum Gasteiger partial charge on any atom is 0.253 e. The van der Waals surface area contributed by atoms with Crippen molar-refractivity contribution in [2.24, 2.45) is 0 Å². The predicted octanol–water partition coefficient (Wildman–Crippen LogP) is 4.32. The second-order valence-electron chi connectivity index (χ2n) is 9.28. The van der Waals surface area contributed by atoms with Crippen molar-refractivity contribution >= 4 is 21.6 Å². The van der Waals surface area contributed by atoms with Crippen molar-refractivity contribution in [1.82, 2.24) is 9.62 Å². The highest BCUT2D eigenvalue weighted by Crippen LogP contribution is 2.29. The van der Waals surface area contributed by atoms with Gasteiger partial charge >= 0.3 is 0 Å². The maximum atomic E-state index is 13.5. The van der Waals surface area contributed by atoms with Crippen LogP contribution in [0, 0.1) is 0 Å². The predicted molar refractivity (Wildman–Crippen MR) is 138 cm³/mol. The molecule has 0 atom stereocenters. The van der Waals surface area contributed by atoms with Crippen LogP contribution in [-0.4, -0.2) is 51.4 Å². The summed E-state index contributed by atoms with van der Waals surface area (Å²) in [5.41, 5.74) is 3.26. The molecule has 0 radical (unpaired) electrons. The van der Waals surface area contributed by atoms with Gasteiger partial charge in [0.2, 0.25) is 10.0 Å². The van der Waals surface area contributed by atoms with E-state index in [4.69, 9.17) is 4.74 Å². The molecule has 35 heavy (non-hydrogen) atoms. The molecular weight excluding hydrogens is 462 g/mol. The van der Waals surface area contributed by atoms with E-state index in [0.717, 1.165) is 62.0 Å². The molecule has 1 N–H and O–H groups in total. The van der Waals surface area contributed by atoms with Crippen LogP contribution < -0.4 is 10.2 Å². The average molecular weight is 500 g/mol. The molecule has 4 rings (SSSR count). The lowest BCUT2D eigenvalue weighted by Gasteiger charge is -2.31. The summed E-state index contributed by atoms with van der Waals surface area (Å²) in [5.74, 6) is -0.257. The van der Waals surface area contributed by atoms with Gasteiger partial charge in [-0.1, -0.05) is 30.7 Å². The number of nitrogens with one attached hydrogen (secondary N) is 1. The number of carbonyl (C=O) groups excluding carboxylic acids is 1. The van der Waals surface area contributed by atoms with E-state index in [1.165, 1.54) is 6.42 Å². The largest absolute Gasteiger partial charge is 0.377 e. The zero-order valence-corrected chi connectivity index (χ0v) is 21.5. The molecule has 2 heterocycles. The first-order chi connectivity index (χ1) is 17.0. The van der Waals surface area contributed by atoms with Crippen LogP contribution in [0.1, 0.15) is 66.9 Å². The Bertz CT molecular complexity index is 1110. The van der Waals surface area contributed by atoms with Crippen LogP contribution in [0.3, 0.4) is 0 Å². The first-order valence-electron chi connectivity index (χ1n) is 12.8. The van der Waals surface area contributed by atoms with Crippen molar-refractivity contribution in [3.8, 4) is 0 Å². The zero-order valence-electron chi connectivity index (χ0n) is 20.7. The molecule has 190 valence electrons. The van der Waals surface area contributed by atoms with Crippen molar-refractivity contribution in [2.45, 2.75) is 63.5 Å². The highest BCUT2D eigenvalue weighted by Gasteiger charge is 2.28. The molecule has 2 aliphatic rings. The van der Waals surface area contributed by atoms with Gasteiger partial charge in [0.05, 0.1) is 17.1 Å². The van der Waals surface area contributed by atoms with E-state index in [0.29, 0.717) is 38.4 Å². The summed E-state index contributed by atoms with van der Waals surface area (Å²) in [6.07, 6.45) is 6.12. The van der Waals surface area contributed by atoms with E-state index in [-0.39, 0.29) is 10.8 Å². The molecule has 0 bridgehead atoms. The minimum absolute atomic E-state index is 0.196. The molecule has 0 spiro atoms. The Morgan fingerprint density at radius 3 is 2.26 bits per heavy atom. The summed E-state index contributed by atoms with van der Waals surface area (Å²) in [5, 5.41) is 3.04. The lowest BCUT2D eigenvalue weighted by molar-refractivity contribution is 0.0950. The Hall–Kier alpha value is -2.42. The molecule has 2 aromatic rings. The fourth-order valence-corrected chi connectivity index (χ4v) is 6.42. The lowest BCUT2D eigenvalue weighted by Crippen LogP contribution is -2.36. The zero-order chi connectivity index (χ0) is 24.7. The molecule has 1 amide bonds. The van der Waals surface area contributed by atoms with E-state index in [2.05, 4.69) is 10.2 Å². The van der Waals surface area contributed by atoms with Crippen molar-refractivity contribution in [2.75, 3.05) is 37.7 Å². The number of ether oxygens (including phenoxy) is 1. The average Bonchev–Trinajstić information content (AvgIpc) is 2.91. The Morgan fingerprint density at radius 2 is 1.57 bits per heavy atom. The number of benzene rings is 2. The highest BCUT2D eigenvalue weighted by molar-refractivity contribution is 7.89. The highest BCUT2D eigenvalue weighted by atomic mass is 32.2. The Labute approximate surface area is 209 Å². The van der Waals surface area contributed by atoms with Crippen molar-refractivity contribution in [3.05, 3.63) is 59.2 Å². The fraction of sp³-hybridized carbons (Fsp3) is 0.519. The van der Waals surface area contributed by atoms with Crippen molar-refractivity contribution in [3.63, 3.8) is 0 Å². The van der Waals surface area contributed by atoms with Crippen LogP contribution in [0.2, 0.25) is 0 Å². The first kappa shape index (κ1) is 25.7. The van der Waals surface area contributed by atoms with E-state index in [1.54, 1.807) is 16.4 Å². The number of hydrogen-bond donors (Lipinski definition) is 1. The van der Waals surface area contributed by atoms with Gasteiger partial charge in [-0.3, -0.25) is 4.79 Å². The summed E-state index contributed by atoms with van der Waals surface area (Å²) in [6.45, 7) is 6.24. The lowest BCUT2D eigenvalue weighted by atomic mass is 10.1. The summed E-state index contributed by atoms with van der Waals surface area (Å²) in [6, 6.07) is 13.0. The van der Waals surface area contributed by atoms with E-state index in [9.17, 15) is 13.2 Å². The minimum Gasteiger partial charge on any atom is -0.377 e. The van der Waals surface area contributed by atoms with Gasteiger partial charge in [0.15, 0.2) is 0 Å². The van der Waals surface area contributed by atoms with Crippen LogP contribution >= 0.6 is 0 Å². The number of piperidine rings is 2. The monoisotopic (exact) mass is 499 g/mol. The van der Waals surface area contributed by atoms with Crippen molar-refractivity contribution < 1.29 is 17.9 Å². The smallest absolute Gasteiger partial charge is 0.253 e.